The Morgan fingerprint density at radius 2 is 2.15 bits per heavy atom. The summed E-state index contributed by atoms with van der Waals surface area (Å²) in [5.41, 5.74) is 5.88. The molecule has 5 nitrogen and oxygen atoms in total. The van der Waals surface area contributed by atoms with Crippen molar-refractivity contribution in [3.8, 4) is 0 Å². The van der Waals surface area contributed by atoms with Crippen LogP contribution in [0.4, 0.5) is 10.1 Å². The van der Waals surface area contributed by atoms with Crippen molar-refractivity contribution in [2.45, 2.75) is 12.5 Å². The molecule has 0 saturated heterocycles. The van der Waals surface area contributed by atoms with Gasteiger partial charge in [0.1, 0.15) is 5.82 Å². The molecule has 106 valence electrons. The topological polar surface area (TPSA) is 81.4 Å². The minimum atomic E-state index is -0.710. The highest BCUT2D eigenvalue weighted by molar-refractivity contribution is 6.02. The molecule has 0 radical (unpaired) electrons. The molecule has 6 heteroatoms. The third kappa shape index (κ3) is 3.03. The van der Waals surface area contributed by atoms with Gasteiger partial charge in [-0.05, 0) is 24.6 Å². The van der Waals surface area contributed by atoms with Gasteiger partial charge in [0.05, 0.1) is 24.3 Å². The summed E-state index contributed by atoms with van der Waals surface area (Å²) in [6.45, 7) is 0. The maximum Gasteiger partial charge on any atom is 0.340 e. The number of nitrogens with one attached hydrogen (secondary N) is 1. The number of amides is 1. The van der Waals surface area contributed by atoms with E-state index < -0.39 is 11.8 Å². The largest absolute Gasteiger partial charge is 0.465 e. The van der Waals surface area contributed by atoms with Crippen LogP contribution in [0.2, 0.25) is 0 Å². The highest BCUT2D eigenvalue weighted by Crippen LogP contribution is 2.22. The molecule has 0 heterocycles. The highest BCUT2D eigenvalue weighted by Gasteiger charge is 2.24. The second-order valence-electron chi connectivity index (χ2n) is 4.56. The van der Waals surface area contributed by atoms with Gasteiger partial charge in [0.2, 0.25) is 5.91 Å². The zero-order chi connectivity index (χ0) is 14.7. The van der Waals surface area contributed by atoms with Crippen LogP contribution in [0.5, 0.6) is 0 Å². The Morgan fingerprint density at radius 3 is 2.75 bits per heavy atom. The van der Waals surface area contributed by atoms with E-state index in [1.54, 1.807) is 12.2 Å². The van der Waals surface area contributed by atoms with Crippen LogP contribution < -0.4 is 11.1 Å². The first kappa shape index (κ1) is 14.2. The molecule has 0 spiro atoms. The van der Waals surface area contributed by atoms with Gasteiger partial charge in [0, 0.05) is 6.04 Å². The van der Waals surface area contributed by atoms with E-state index in [-0.39, 0.29) is 29.1 Å². The molecule has 0 aromatic heterocycles. The lowest BCUT2D eigenvalue weighted by Crippen LogP contribution is -2.25. The second-order valence-corrected chi connectivity index (χ2v) is 4.56. The normalized spacial score (nSPS) is 20.8. The number of carbonyl (C=O) groups is 2. The van der Waals surface area contributed by atoms with Crippen molar-refractivity contribution in [3.63, 3.8) is 0 Å². The number of methoxy groups -OCH3 is 1. The number of hydrogen-bond acceptors (Lipinski definition) is 4. The lowest BCUT2D eigenvalue weighted by Gasteiger charge is -2.13. The third-order valence-corrected chi connectivity index (χ3v) is 3.10. The molecule has 1 amide bonds. The van der Waals surface area contributed by atoms with Crippen LogP contribution >= 0.6 is 0 Å². The number of halogens is 1. The maximum atomic E-state index is 13.2. The van der Waals surface area contributed by atoms with Crippen LogP contribution in [-0.4, -0.2) is 25.0 Å². The summed E-state index contributed by atoms with van der Waals surface area (Å²) in [6, 6.07) is 3.38. The summed E-state index contributed by atoms with van der Waals surface area (Å²) in [5, 5.41) is 2.60. The van der Waals surface area contributed by atoms with E-state index in [4.69, 9.17) is 5.73 Å². The molecule has 1 aromatic rings. The molecule has 2 unspecified atom stereocenters. The second kappa shape index (κ2) is 5.83. The summed E-state index contributed by atoms with van der Waals surface area (Å²) >= 11 is 0. The lowest BCUT2D eigenvalue weighted by molar-refractivity contribution is -0.118. The standard InChI is InChI=1S/C14H15FN2O3/c1-20-14(19)11-7-9(15)3-5-12(11)17-13(18)8-2-4-10(16)6-8/h2-5,7-8,10H,6,16H2,1H3,(H,17,18). The van der Waals surface area contributed by atoms with E-state index in [1.807, 2.05) is 0 Å². The number of ether oxygens (including phenoxy) is 1. The van der Waals surface area contributed by atoms with Crippen molar-refractivity contribution in [1.82, 2.24) is 0 Å². The molecule has 2 rings (SSSR count). The zero-order valence-corrected chi connectivity index (χ0v) is 10.9. The molecule has 1 aliphatic rings. The molecular weight excluding hydrogens is 263 g/mol. The monoisotopic (exact) mass is 278 g/mol. The van der Waals surface area contributed by atoms with Crippen molar-refractivity contribution >= 4 is 17.6 Å². The molecule has 0 fully saturated rings. The van der Waals surface area contributed by atoms with Gasteiger partial charge < -0.3 is 15.8 Å². The number of esters is 1. The number of rotatable bonds is 3. The zero-order valence-electron chi connectivity index (χ0n) is 10.9. The van der Waals surface area contributed by atoms with Gasteiger partial charge in [0.15, 0.2) is 0 Å². The summed E-state index contributed by atoms with van der Waals surface area (Å²) in [5.74, 6) is -1.92. The quantitative estimate of drug-likeness (QED) is 0.647. The SMILES string of the molecule is COC(=O)c1cc(F)ccc1NC(=O)C1C=CC(N)C1. The van der Waals surface area contributed by atoms with E-state index in [0.29, 0.717) is 6.42 Å². The summed E-state index contributed by atoms with van der Waals surface area (Å²) in [6.07, 6.45) is 4.00. The molecule has 0 saturated carbocycles. The molecule has 0 aliphatic heterocycles. The third-order valence-electron chi connectivity index (χ3n) is 3.10. The van der Waals surface area contributed by atoms with E-state index in [2.05, 4.69) is 10.1 Å². The number of carbonyl (C=O) groups excluding carboxylic acids is 2. The molecule has 2 atom stereocenters. The van der Waals surface area contributed by atoms with Gasteiger partial charge in [-0.25, -0.2) is 9.18 Å². The Bertz CT molecular complexity index is 572. The first-order valence-electron chi connectivity index (χ1n) is 6.14. The summed E-state index contributed by atoms with van der Waals surface area (Å²) in [7, 11) is 1.19. The van der Waals surface area contributed by atoms with Crippen molar-refractivity contribution in [2.75, 3.05) is 12.4 Å². The van der Waals surface area contributed by atoms with Crippen molar-refractivity contribution in [2.24, 2.45) is 11.7 Å². The van der Waals surface area contributed by atoms with Crippen LogP contribution in [-0.2, 0) is 9.53 Å². The van der Waals surface area contributed by atoms with E-state index in [9.17, 15) is 14.0 Å². The minimum absolute atomic E-state index is 0.0212. The first-order valence-corrected chi connectivity index (χ1v) is 6.14. The highest BCUT2D eigenvalue weighted by atomic mass is 19.1. The average molecular weight is 278 g/mol. The van der Waals surface area contributed by atoms with E-state index in [1.165, 1.54) is 13.2 Å². The van der Waals surface area contributed by atoms with Crippen molar-refractivity contribution in [1.29, 1.82) is 0 Å². The molecular formula is C14H15FN2O3. The van der Waals surface area contributed by atoms with E-state index in [0.717, 1.165) is 12.1 Å². The Hall–Kier alpha value is -2.21. The Balaban J connectivity index is 2.19. The predicted octanol–water partition coefficient (Wildman–Crippen LogP) is 1.45. The van der Waals surface area contributed by atoms with Crippen LogP contribution in [0.15, 0.2) is 30.4 Å². The molecule has 3 N–H and O–H groups in total. The van der Waals surface area contributed by atoms with Gasteiger partial charge in [-0.2, -0.15) is 0 Å². The van der Waals surface area contributed by atoms with E-state index >= 15 is 0 Å². The van der Waals surface area contributed by atoms with Crippen LogP contribution in [0, 0.1) is 11.7 Å². The Morgan fingerprint density at radius 1 is 1.40 bits per heavy atom. The van der Waals surface area contributed by atoms with Gasteiger partial charge in [-0.1, -0.05) is 12.2 Å². The van der Waals surface area contributed by atoms with Gasteiger partial charge in [-0.3, -0.25) is 4.79 Å². The fraction of sp³-hybridized carbons (Fsp3) is 0.286. The smallest absolute Gasteiger partial charge is 0.340 e. The van der Waals surface area contributed by atoms with Crippen LogP contribution in [0.1, 0.15) is 16.8 Å². The van der Waals surface area contributed by atoms with Crippen LogP contribution in [0.3, 0.4) is 0 Å². The summed E-state index contributed by atoms with van der Waals surface area (Å²) < 4.78 is 17.8. The van der Waals surface area contributed by atoms with Crippen molar-refractivity contribution in [3.05, 3.63) is 41.7 Å². The van der Waals surface area contributed by atoms with Gasteiger partial charge in [0.25, 0.3) is 0 Å². The molecule has 1 aliphatic carbocycles. The Labute approximate surface area is 115 Å². The molecule has 20 heavy (non-hydrogen) atoms. The molecule has 1 aromatic carbocycles. The van der Waals surface area contributed by atoms with Gasteiger partial charge >= 0.3 is 5.97 Å². The maximum absolute atomic E-state index is 13.2. The molecule has 0 bridgehead atoms. The Kier molecular flexibility index (Phi) is 4.14. The number of nitrogens with two attached hydrogens (primary N) is 1. The number of anilines is 1. The number of benzene rings is 1. The average Bonchev–Trinajstić information content (AvgIpc) is 2.86. The van der Waals surface area contributed by atoms with Crippen molar-refractivity contribution < 1.29 is 18.7 Å². The minimum Gasteiger partial charge on any atom is -0.465 e. The fourth-order valence-corrected chi connectivity index (χ4v) is 2.05. The van der Waals surface area contributed by atoms with Gasteiger partial charge in [-0.15, -0.1) is 0 Å². The summed E-state index contributed by atoms with van der Waals surface area (Å²) in [4.78, 5) is 23.6. The predicted molar refractivity (Wildman–Crippen MR) is 71.6 cm³/mol. The number of hydrogen-bond donors (Lipinski definition) is 2. The lowest BCUT2D eigenvalue weighted by atomic mass is 10.1. The first-order chi connectivity index (χ1) is 9.51. The fourth-order valence-electron chi connectivity index (χ4n) is 2.05. The van der Waals surface area contributed by atoms with Crippen LogP contribution in [0.25, 0.3) is 0 Å².